The molecule has 4 heteroatoms. The van der Waals surface area contributed by atoms with Crippen LogP contribution >= 0.6 is 0 Å². The van der Waals surface area contributed by atoms with Crippen molar-refractivity contribution in [2.75, 3.05) is 0 Å². The van der Waals surface area contributed by atoms with Crippen molar-refractivity contribution in [1.29, 1.82) is 0 Å². The highest BCUT2D eigenvalue weighted by Crippen LogP contribution is 1.97. The molecular weight excluding hydrogens is 160 g/mol. The standard InChI is InChI=1S/C8H12O4/c1-4-6(9)12-8(11)7(10)5(2)3/h5H,4H2,1-3H3. The van der Waals surface area contributed by atoms with Crippen molar-refractivity contribution in [3.63, 3.8) is 0 Å². The molecule has 0 spiro atoms. The highest BCUT2D eigenvalue weighted by Gasteiger charge is 2.21. The van der Waals surface area contributed by atoms with Gasteiger partial charge in [0.25, 0.3) is 0 Å². The normalized spacial score (nSPS) is 9.67. The van der Waals surface area contributed by atoms with Crippen LogP contribution in [0.5, 0.6) is 0 Å². The van der Waals surface area contributed by atoms with Gasteiger partial charge in [0.15, 0.2) is 0 Å². The molecule has 0 atom stereocenters. The number of carbonyl (C=O) groups excluding carboxylic acids is 3. The molecule has 0 amide bonds. The molecule has 0 unspecified atom stereocenters. The van der Waals surface area contributed by atoms with Crippen molar-refractivity contribution < 1.29 is 19.1 Å². The molecule has 4 nitrogen and oxygen atoms in total. The highest BCUT2D eigenvalue weighted by molar-refractivity contribution is 6.35. The quantitative estimate of drug-likeness (QED) is 0.357. The van der Waals surface area contributed by atoms with Crippen LogP contribution in [-0.2, 0) is 19.1 Å². The van der Waals surface area contributed by atoms with Gasteiger partial charge < -0.3 is 4.74 Å². The minimum absolute atomic E-state index is 0.0944. The van der Waals surface area contributed by atoms with Crippen LogP contribution in [0.25, 0.3) is 0 Å². The maximum atomic E-state index is 10.9. The molecule has 0 aliphatic carbocycles. The first-order chi connectivity index (χ1) is 5.49. The lowest BCUT2D eigenvalue weighted by molar-refractivity contribution is -0.164. The molecule has 0 N–H and O–H groups in total. The van der Waals surface area contributed by atoms with Gasteiger partial charge in [-0.05, 0) is 0 Å². The molecule has 12 heavy (non-hydrogen) atoms. The minimum atomic E-state index is -1.06. The Labute approximate surface area is 70.9 Å². The van der Waals surface area contributed by atoms with Gasteiger partial charge in [0.1, 0.15) is 0 Å². The summed E-state index contributed by atoms with van der Waals surface area (Å²) in [6.07, 6.45) is 0.0944. The number of esters is 2. The zero-order valence-electron chi connectivity index (χ0n) is 7.42. The van der Waals surface area contributed by atoms with Crippen LogP contribution in [-0.4, -0.2) is 17.7 Å². The molecule has 0 aromatic heterocycles. The molecule has 0 fully saturated rings. The van der Waals surface area contributed by atoms with Gasteiger partial charge in [0, 0.05) is 12.3 Å². The Hall–Kier alpha value is -1.19. The van der Waals surface area contributed by atoms with Crippen molar-refractivity contribution in [2.24, 2.45) is 5.92 Å². The average Bonchev–Trinajstić information content (AvgIpc) is 2.02. The van der Waals surface area contributed by atoms with E-state index in [1.54, 1.807) is 20.8 Å². The fourth-order valence-corrected chi connectivity index (χ4v) is 0.462. The molecule has 0 saturated heterocycles. The highest BCUT2D eigenvalue weighted by atomic mass is 16.6. The van der Waals surface area contributed by atoms with E-state index in [0.29, 0.717) is 0 Å². The number of rotatable bonds is 3. The zero-order chi connectivity index (χ0) is 9.72. The second-order valence-electron chi connectivity index (χ2n) is 2.63. The molecule has 0 aliphatic heterocycles. The summed E-state index contributed by atoms with van der Waals surface area (Å²) in [6.45, 7) is 4.69. The lowest BCUT2D eigenvalue weighted by Gasteiger charge is -2.01. The molecule has 0 aromatic rings. The second kappa shape index (κ2) is 4.64. The Morgan fingerprint density at radius 2 is 1.75 bits per heavy atom. The predicted octanol–water partition coefficient (Wildman–Crippen LogP) is 0.691. The largest absolute Gasteiger partial charge is 0.387 e. The summed E-state index contributed by atoms with van der Waals surface area (Å²) in [5.74, 6) is -2.83. The van der Waals surface area contributed by atoms with Crippen LogP contribution in [0.15, 0.2) is 0 Å². The van der Waals surface area contributed by atoms with Gasteiger partial charge in [-0.3, -0.25) is 9.59 Å². The Balaban J connectivity index is 4.05. The van der Waals surface area contributed by atoms with Crippen molar-refractivity contribution >= 4 is 17.7 Å². The molecule has 0 bridgehead atoms. The summed E-state index contributed by atoms with van der Waals surface area (Å²) in [7, 11) is 0. The van der Waals surface area contributed by atoms with E-state index in [1.165, 1.54) is 0 Å². The van der Waals surface area contributed by atoms with Gasteiger partial charge in [-0.15, -0.1) is 0 Å². The van der Waals surface area contributed by atoms with E-state index < -0.39 is 23.6 Å². The molecule has 0 aromatic carbocycles. The smallest absolute Gasteiger partial charge is 0.382 e. The molecule has 68 valence electrons. The van der Waals surface area contributed by atoms with Gasteiger partial charge >= 0.3 is 11.9 Å². The fraction of sp³-hybridized carbons (Fsp3) is 0.625. The van der Waals surface area contributed by atoms with E-state index in [4.69, 9.17) is 0 Å². The van der Waals surface area contributed by atoms with Gasteiger partial charge in [-0.25, -0.2) is 4.79 Å². The molecule has 0 saturated carbocycles. The number of hydrogen-bond acceptors (Lipinski definition) is 4. The van der Waals surface area contributed by atoms with Crippen LogP contribution in [0, 0.1) is 5.92 Å². The number of ketones is 1. The van der Waals surface area contributed by atoms with Crippen molar-refractivity contribution in [1.82, 2.24) is 0 Å². The Morgan fingerprint density at radius 3 is 2.08 bits per heavy atom. The van der Waals surface area contributed by atoms with Crippen LogP contribution in [0.3, 0.4) is 0 Å². The summed E-state index contributed by atoms with van der Waals surface area (Å²) in [5, 5.41) is 0. The van der Waals surface area contributed by atoms with E-state index >= 15 is 0 Å². The van der Waals surface area contributed by atoms with Crippen LogP contribution in [0.1, 0.15) is 27.2 Å². The summed E-state index contributed by atoms with van der Waals surface area (Å²) in [6, 6.07) is 0. The third-order valence-electron chi connectivity index (χ3n) is 1.22. The first-order valence-corrected chi connectivity index (χ1v) is 3.77. The average molecular weight is 172 g/mol. The van der Waals surface area contributed by atoms with Crippen LogP contribution in [0.4, 0.5) is 0 Å². The lowest BCUT2D eigenvalue weighted by atomic mass is 10.1. The minimum Gasteiger partial charge on any atom is -0.387 e. The molecular formula is C8H12O4. The first-order valence-electron chi connectivity index (χ1n) is 3.77. The topological polar surface area (TPSA) is 60.4 Å². The lowest BCUT2D eigenvalue weighted by Crippen LogP contribution is -2.24. The van der Waals surface area contributed by atoms with E-state index in [-0.39, 0.29) is 6.42 Å². The SMILES string of the molecule is CCC(=O)OC(=O)C(=O)C(C)C. The summed E-state index contributed by atoms with van der Waals surface area (Å²) >= 11 is 0. The Bertz CT molecular complexity index is 205. The number of ether oxygens (including phenoxy) is 1. The van der Waals surface area contributed by atoms with Gasteiger partial charge in [0.05, 0.1) is 0 Å². The molecule has 0 aliphatic rings. The molecule has 0 rings (SSSR count). The van der Waals surface area contributed by atoms with E-state index in [9.17, 15) is 14.4 Å². The van der Waals surface area contributed by atoms with Crippen molar-refractivity contribution in [3.8, 4) is 0 Å². The van der Waals surface area contributed by atoms with Gasteiger partial charge in [-0.1, -0.05) is 20.8 Å². The summed E-state index contributed by atoms with van der Waals surface area (Å²) in [4.78, 5) is 32.2. The van der Waals surface area contributed by atoms with Gasteiger partial charge in [-0.2, -0.15) is 0 Å². The maximum absolute atomic E-state index is 10.9. The van der Waals surface area contributed by atoms with Crippen molar-refractivity contribution in [3.05, 3.63) is 0 Å². The second-order valence-corrected chi connectivity index (χ2v) is 2.63. The van der Waals surface area contributed by atoms with Crippen molar-refractivity contribution in [2.45, 2.75) is 27.2 Å². The number of hydrogen-bond donors (Lipinski definition) is 0. The Morgan fingerprint density at radius 1 is 1.25 bits per heavy atom. The zero-order valence-corrected chi connectivity index (χ0v) is 7.42. The Kier molecular flexibility index (Phi) is 4.18. The van der Waals surface area contributed by atoms with E-state index in [0.717, 1.165) is 0 Å². The predicted molar refractivity (Wildman–Crippen MR) is 41.2 cm³/mol. The van der Waals surface area contributed by atoms with Crippen LogP contribution < -0.4 is 0 Å². The number of Topliss-reactive ketones (excluding diaryl/α,β-unsaturated/α-hetero) is 1. The molecule has 0 radical (unpaired) electrons. The summed E-state index contributed by atoms with van der Waals surface area (Å²) < 4.78 is 4.20. The van der Waals surface area contributed by atoms with E-state index in [1.807, 2.05) is 0 Å². The molecule has 0 heterocycles. The number of carbonyl (C=O) groups is 3. The summed E-state index contributed by atoms with van der Waals surface area (Å²) in [5.41, 5.74) is 0. The maximum Gasteiger partial charge on any atom is 0.382 e. The monoisotopic (exact) mass is 172 g/mol. The third-order valence-corrected chi connectivity index (χ3v) is 1.22. The third kappa shape index (κ3) is 3.27. The van der Waals surface area contributed by atoms with Crippen LogP contribution in [0.2, 0.25) is 0 Å². The van der Waals surface area contributed by atoms with Gasteiger partial charge in [0.2, 0.25) is 5.78 Å². The first kappa shape index (κ1) is 10.8. The fourth-order valence-electron chi connectivity index (χ4n) is 0.462. The van der Waals surface area contributed by atoms with E-state index in [2.05, 4.69) is 4.74 Å².